The predicted octanol–water partition coefficient (Wildman–Crippen LogP) is 8.43. The molecule has 0 spiro atoms. The third kappa shape index (κ3) is 4.08. The number of benzene rings is 4. The van der Waals surface area contributed by atoms with Crippen LogP contribution in [0.5, 0.6) is 17.2 Å². The first-order valence-electron chi connectivity index (χ1n) is 11.4. The Hall–Kier alpha value is -3.34. The maximum absolute atomic E-state index is 6.10. The minimum Gasteiger partial charge on any atom is -0.465 e. The maximum atomic E-state index is 6.10. The topological polar surface area (TPSA) is 27.7 Å². The van der Waals surface area contributed by atoms with Gasteiger partial charge in [0, 0.05) is 39.8 Å². The molecule has 0 radical (unpaired) electrons. The fourth-order valence-electron chi connectivity index (χ4n) is 4.43. The number of hydrogen-bond acceptors (Lipinski definition) is 3. The van der Waals surface area contributed by atoms with Gasteiger partial charge in [0.25, 0.3) is 0 Å². The standard InChI is InChI=1S/C29H25O3S/c1-3-9-27-25(7-1)26-8-2-4-10-28(26)33(27)24-18-16-22(17-19-24)31-21-12-14-23(15-13-21)32-29-11-5-6-20-30-29/h1-4,7-10,12-19,29H,5-6,11,20H2/q+1. The lowest BCUT2D eigenvalue weighted by Crippen LogP contribution is -2.24. The van der Waals surface area contributed by atoms with Gasteiger partial charge in [-0.1, -0.05) is 24.3 Å². The molecule has 3 nitrogen and oxygen atoms in total. The fourth-order valence-corrected chi connectivity index (χ4v) is 6.81. The second-order valence-electron chi connectivity index (χ2n) is 8.26. The van der Waals surface area contributed by atoms with Crippen molar-refractivity contribution in [3.63, 3.8) is 0 Å². The highest BCUT2D eigenvalue weighted by molar-refractivity contribution is 7.50. The van der Waals surface area contributed by atoms with Crippen LogP contribution in [0.2, 0.25) is 0 Å². The fraction of sp³-hybridized carbons (Fsp3) is 0.172. The minimum absolute atomic E-state index is 0.0863. The van der Waals surface area contributed by atoms with Crippen molar-refractivity contribution in [2.24, 2.45) is 0 Å². The van der Waals surface area contributed by atoms with E-state index in [0.29, 0.717) is 0 Å². The van der Waals surface area contributed by atoms with Gasteiger partial charge in [-0.2, -0.15) is 0 Å². The van der Waals surface area contributed by atoms with Crippen LogP contribution in [0, 0.1) is 0 Å². The van der Waals surface area contributed by atoms with Gasteiger partial charge in [0.1, 0.15) is 17.2 Å². The molecule has 1 atom stereocenters. The summed E-state index contributed by atoms with van der Waals surface area (Å²) in [7, 11) is -0.0863. The largest absolute Gasteiger partial charge is 0.465 e. The first kappa shape index (κ1) is 20.3. The van der Waals surface area contributed by atoms with Crippen molar-refractivity contribution in [1.82, 2.24) is 0 Å². The summed E-state index contributed by atoms with van der Waals surface area (Å²) in [5, 5.41) is 2.69. The van der Waals surface area contributed by atoms with Crippen LogP contribution in [0.15, 0.2) is 97.1 Å². The molecule has 0 N–H and O–H groups in total. The van der Waals surface area contributed by atoms with Crippen molar-refractivity contribution in [2.75, 3.05) is 6.61 Å². The Labute approximate surface area is 196 Å². The molecule has 1 unspecified atom stereocenters. The van der Waals surface area contributed by atoms with Crippen molar-refractivity contribution in [1.29, 1.82) is 0 Å². The predicted molar refractivity (Wildman–Crippen MR) is 136 cm³/mol. The number of thiophene rings is 1. The summed E-state index contributed by atoms with van der Waals surface area (Å²) in [6, 6.07) is 33.7. The lowest BCUT2D eigenvalue weighted by atomic mass is 10.2. The SMILES string of the molecule is c1ccc2c(c1)c1ccccc1[s+]2-c1ccc(Oc2ccc(OC3CCCCO3)cc2)cc1. The Morgan fingerprint density at radius 1 is 0.636 bits per heavy atom. The van der Waals surface area contributed by atoms with Crippen molar-refractivity contribution >= 4 is 30.6 Å². The highest BCUT2D eigenvalue weighted by Gasteiger charge is 2.23. The van der Waals surface area contributed by atoms with E-state index in [1.54, 1.807) is 0 Å². The lowest BCUT2D eigenvalue weighted by Gasteiger charge is -2.23. The smallest absolute Gasteiger partial charge is 0.199 e. The van der Waals surface area contributed by atoms with Crippen LogP contribution in [0.3, 0.4) is 0 Å². The first-order valence-corrected chi connectivity index (χ1v) is 12.7. The van der Waals surface area contributed by atoms with Gasteiger partial charge in [0.15, 0.2) is 20.6 Å². The molecule has 164 valence electrons. The molecule has 2 heterocycles. The first-order chi connectivity index (χ1) is 16.3. The Morgan fingerprint density at radius 3 is 1.82 bits per heavy atom. The molecule has 4 heteroatoms. The van der Waals surface area contributed by atoms with Crippen molar-refractivity contribution in [2.45, 2.75) is 25.6 Å². The van der Waals surface area contributed by atoms with Crippen molar-refractivity contribution in [3.8, 4) is 22.1 Å². The van der Waals surface area contributed by atoms with E-state index in [-0.39, 0.29) is 16.8 Å². The maximum Gasteiger partial charge on any atom is 0.199 e. The van der Waals surface area contributed by atoms with Gasteiger partial charge >= 0.3 is 0 Å². The Kier molecular flexibility index (Phi) is 5.46. The zero-order valence-electron chi connectivity index (χ0n) is 18.3. The molecular formula is C29H25O3S+. The number of hydrogen-bond donors (Lipinski definition) is 0. The third-order valence-electron chi connectivity index (χ3n) is 6.03. The summed E-state index contributed by atoms with van der Waals surface area (Å²) in [5.41, 5.74) is 0. The lowest BCUT2D eigenvalue weighted by molar-refractivity contribution is -0.105. The van der Waals surface area contributed by atoms with E-state index < -0.39 is 0 Å². The Morgan fingerprint density at radius 2 is 1.21 bits per heavy atom. The molecule has 0 bridgehead atoms. The van der Waals surface area contributed by atoms with Crippen LogP contribution < -0.4 is 9.47 Å². The summed E-state index contributed by atoms with van der Waals surface area (Å²) >= 11 is 0. The molecule has 0 aliphatic carbocycles. The highest BCUT2D eigenvalue weighted by Crippen LogP contribution is 2.48. The second-order valence-corrected chi connectivity index (χ2v) is 10.2. The molecule has 4 aromatic carbocycles. The summed E-state index contributed by atoms with van der Waals surface area (Å²) in [4.78, 5) is 1.30. The molecule has 6 rings (SSSR count). The van der Waals surface area contributed by atoms with E-state index in [2.05, 4.69) is 72.8 Å². The van der Waals surface area contributed by atoms with E-state index in [0.717, 1.165) is 43.1 Å². The van der Waals surface area contributed by atoms with E-state index in [1.807, 2.05) is 24.3 Å². The highest BCUT2D eigenvalue weighted by atomic mass is 32.2. The summed E-state index contributed by atoms with van der Waals surface area (Å²) in [6.45, 7) is 0.778. The molecule has 5 aromatic rings. The molecule has 1 aliphatic heterocycles. The van der Waals surface area contributed by atoms with Gasteiger partial charge in [-0.05, 0) is 73.5 Å². The number of fused-ring (bicyclic) bond motifs is 3. The summed E-state index contributed by atoms with van der Waals surface area (Å²) in [5.74, 6) is 2.43. The average molecular weight is 454 g/mol. The van der Waals surface area contributed by atoms with Gasteiger partial charge in [-0.3, -0.25) is 0 Å². The molecule has 0 amide bonds. The molecule has 1 saturated heterocycles. The Balaban J connectivity index is 1.22. The molecular weight excluding hydrogens is 428 g/mol. The Bertz CT molecular complexity index is 1330. The van der Waals surface area contributed by atoms with E-state index in [9.17, 15) is 0 Å². The molecule has 1 aromatic heterocycles. The van der Waals surface area contributed by atoms with Gasteiger partial charge in [-0.25, -0.2) is 0 Å². The van der Waals surface area contributed by atoms with Crippen LogP contribution in [-0.4, -0.2) is 12.9 Å². The van der Waals surface area contributed by atoms with Gasteiger partial charge in [0.05, 0.1) is 6.61 Å². The quantitative estimate of drug-likeness (QED) is 0.250. The van der Waals surface area contributed by atoms with E-state index >= 15 is 0 Å². The average Bonchev–Trinajstić information content (AvgIpc) is 3.21. The normalized spacial score (nSPS) is 16.2. The third-order valence-corrected chi connectivity index (χ3v) is 8.36. The molecule has 1 aliphatic rings. The van der Waals surface area contributed by atoms with E-state index in [4.69, 9.17) is 14.2 Å². The van der Waals surface area contributed by atoms with Crippen molar-refractivity contribution in [3.05, 3.63) is 97.1 Å². The van der Waals surface area contributed by atoms with Crippen LogP contribution in [0.4, 0.5) is 0 Å². The number of ether oxygens (including phenoxy) is 3. The zero-order chi connectivity index (χ0) is 22.0. The summed E-state index contributed by atoms with van der Waals surface area (Å²) in [6.07, 6.45) is 3.08. The molecule has 33 heavy (non-hydrogen) atoms. The van der Waals surface area contributed by atoms with Crippen LogP contribution in [0.1, 0.15) is 19.3 Å². The summed E-state index contributed by atoms with van der Waals surface area (Å²) < 4.78 is 20.4. The van der Waals surface area contributed by atoms with Crippen LogP contribution in [0.25, 0.3) is 25.1 Å². The molecule has 1 fully saturated rings. The van der Waals surface area contributed by atoms with Gasteiger partial charge in [0.2, 0.25) is 0 Å². The zero-order valence-corrected chi connectivity index (χ0v) is 19.1. The van der Waals surface area contributed by atoms with Crippen LogP contribution in [-0.2, 0) is 4.74 Å². The molecule has 0 saturated carbocycles. The monoisotopic (exact) mass is 453 g/mol. The van der Waals surface area contributed by atoms with Gasteiger partial charge < -0.3 is 14.2 Å². The van der Waals surface area contributed by atoms with E-state index in [1.165, 1.54) is 25.1 Å². The second kappa shape index (κ2) is 8.89. The van der Waals surface area contributed by atoms with Crippen molar-refractivity contribution < 1.29 is 14.2 Å². The van der Waals surface area contributed by atoms with Gasteiger partial charge in [-0.15, -0.1) is 0 Å². The minimum atomic E-state index is -0.134. The van der Waals surface area contributed by atoms with Crippen LogP contribution >= 0.6 is 10.5 Å². The number of rotatable bonds is 5.